The summed E-state index contributed by atoms with van der Waals surface area (Å²) in [5.41, 5.74) is 0.273. The lowest BCUT2D eigenvalue weighted by atomic mass is 9.94. The molecule has 1 amide bonds. The third-order valence-corrected chi connectivity index (χ3v) is 3.03. The van der Waals surface area contributed by atoms with E-state index >= 15 is 0 Å². The normalized spacial score (nSPS) is 11.1. The summed E-state index contributed by atoms with van der Waals surface area (Å²) in [6.45, 7) is 6.09. The molecule has 21 heavy (non-hydrogen) atoms. The van der Waals surface area contributed by atoms with Gasteiger partial charge < -0.3 is 9.64 Å². The number of benzene rings is 1. The molecular weight excluding hydrogens is 273 g/mol. The number of hydrogen-bond acceptors (Lipinski definition) is 3. The molecule has 0 fully saturated rings. The number of nitrogens with zero attached hydrogens (tertiary/aromatic N) is 1. The first kappa shape index (κ1) is 17.1. The molecule has 0 N–H and O–H groups in total. The Morgan fingerprint density at radius 2 is 1.76 bits per heavy atom. The van der Waals surface area contributed by atoms with Gasteiger partial charge in [-0.15, -0.1) is 0 Å². The van der Waals surface area contributed by atoms with Crippen LogP contribution in [0.15, 0.2) is 24.3 Å². The third-order valence-electron chi connectivity index (χ3n) is 3.03. The summed E-state index contributed by atoms with van der Waals surface area (Å²) in [5, 5.41) is 0. The van der Waals surface area contributed by atoms with Gasteiger partial charge in [0.15, 0.2) is 0 Å². The summed E-state index contributed by atoms with van der Waals surface area (Å²) in [5.74, 6) is -0.737. The van der Waals surface area contributed by atoms with Crippen molar-refractivity contribution < 1.29 is 18.7 Å². The van der Waals surface area contributed by atoms with Gasteiger partial charge in [0.1, 0.15) is 5.82 Å². The zero-order valence-electron chi connectivity index (χ0n) is 13.0. The summed E-state index contributed by atoms with van der Waals surface area (Å²) >= 11 is 0. The number of methoxy groups -OCH3 is 1. The molecule has 0 unspecified atom stereocenters. The van der Waals surface area contributed by atoms with Crippen LogP contribution in [0.5, 0.6) is 0 Å². The number of carbonyl (C=O) groups is 2. The van der Waals surface area contributed by atoms with Crippen molar-refractivity contribution in [2.24, 2.45) is 5.41 Å². The maximum absolute atomic E-state index is 12.9. The van der Waals surface area contributed by atoms with Crippen molar-refractivity contribution in [3.63, 3.8) is 0 Å². The van der Waals surface area contributed by atoms with Gasteiger partial charge in [0.2, 0.25) is 5.91 Å². The molecule has 0 spiro atoms. The molecule has 1 aromatic carbocycles. The Bertz CT molecular complexity index is 491. The fourth-order valence-corrected chi connectivity index (χ4v) is 1.87. The minimum atomic E-state index is -0.545. The van der Waals surface area contributed by atoms with Crippen molar-refractivity contribution in [1.29, 1.82) is 0 Å². The zero-order valence-corrected chi connectivity index (χ0v) is 13.0. The number of hydrogen-bond donors (Lipinski definition) is 0. The number of carbonyl (C=O) groups excluding carboxylic acids is 2. The lowest BCUT2D eigenvalue weighted by molar-refractivity contribution is -0.144. The predicted molar refractivity (Wildman–Crippen MR) is 77.9 cm³/mol. The van der Waals surface area contributed by atoms with Crippen LogP contribution in [0.2, 0.25) is 0 Å². The Hall–Kier alpha value is -1.91. The van der Waals surface area contributed by atoms with Gasteiger partial charge in [-0.05, 0) is 17.7 Å². The van der Waals surface area contributed by atoms with E-state index < -0.39 is 5.41 Å². The Morgan fingerprint density at radius 1 is 1.19 bits per heavy atom. The van der Waals surface area contributed by atoms with Crippen molar-refractivity contribution in [2.45, 2.75) is 33.7 Å². The van der Waals surface area contributed by atoms with Crippen LogP contribution in [0.3, 0.4) is 0 Å². The SMILES string of the molecule is COC(=O)CCN(Cc1ccc(F)cc1)C(=O)C(C)(C)C. The average molecular weight is 295 g/mol. The van der Waals surface area contributed by atoms with Crippen LogP contribution in [0.4, 0.5) is 4.39 Å². The second-order valence-corrected chi connectivity index (χ2v) is 5.93. The Kier molecular flexibility index (Phi) is 5.88. The van der Waals surface area contributed by atoms with Crippen molar-refractivity contribution in [2.75, 3.05) is 13.7 Å². The molecule has 0 heterocycles. The smallest absolute Gasteiger partial charge is 0.307 e. The van der Waals surface area contributed by atoms with Gasteiger partial charge in [0.05, 0.1) is 13.5 Å². The van der Waals surface area contributed by atoms with Gasteiger partial charge in [-0.2, -0.15) is 0 Å². The second kappa shape index (κ2) is 7.20. The minimum Gasteiger partial charge on any atom is -0.469 e. The third kappa shape index (κ3) is 5.53. The van der Waals surface area contributed by atoms with Crippen LogP contribution in [-0.2, 0) is 20.9 Å². The monoisotopic (exact) mass is 295 g/mol. The quantitative estimate of drug-likeness (QED) is 0.785. The van der Waals surface area contributed by atoms with E-state index in [2.05, 4.69) is 4.74 Å². The summed E-state index contributed by atoms with van der Waals surface area (Å²) in [7, 11) is 1.32. The summed E-state index contributed by atoms with van der Waals surface area (Å²) in [4.78, 5) is 25.3. The zero-order chi connectivity index (χ0) is 16.0. The predicted octanol–water partition coefficient (Wildman–Crippen LogP) is 2.76. The molecule has 1 aromatic rings. The van der Waals surface area contributed by atoms with Crippen molar-refractivity contribution >= 4 is 11.9 Å². The molecule has 0 aliphatic heterocycles. The van der Waals surface area contributed by atoms with Crippen molar-refractivity contribution in [1.82, 2.24) is 4.90 Å². The molecular formula is C16H22FNO3. The summed E-state index contributed by atoms with van der Waals surface area (Å²) < 4.78 is 17.5. The highest BCUT2D eigenvalue weighted by Gasteiger charge is 2.27. The summed E-state index contributed by atoms with van der Waals surface area (Å²) in [6, 6.07) is 5.98. The highest BCUT2D eigenvalue weighted by molar-refractivity contribution is 5.82. The van der Waals surface area contributed by atoms with Crippen LogP contribution >= 0.6 is 0 Å². The molecule has 0 saturated heterocycles. The fraction of sp³-hybridized carbons (Fsp3) is 0.500. The molecule has 0 atom stereocenters. The highest BCUT2D eigenvalue weighted by Crippen LogP contribution is 2.19. The van der Waals surface area contributed by atoms with Crippen LogP contribution < -0.4 is 0 Å². The Morgan fingerprint density at radius 3 is 2.24 bits per heavy atom. The van der Waals surface area contributed by atoms with E-state index in [-0.39, 0.29) is 30.7 Å². The molecule has 5 heteroatoms. The molecule has 4 nitrogen and oxygen atoms in total. The van der Waals surface area contributed by atoms with Crippen molar-refractivity contribution in [3.05, 3.63) is 35.6 Å². The molecule has 0 saturated carbocycles. The van der Waals surface area contributed by atoms with E-state index in [1.54, 1.807) is 17.0 Å². The molecule has 0 aliphatic rings. The standard InChI is InChI=1S/C16H22FNO3/c1-16(2,3)15(20)18(10-9-14(19)21-4)11-12-5-7-13(17)8-6-12/h5-8H,9-11H2,1-4H3. The highest BCUT2D eigenvalue weighted by atomic mass is 19.1. The van der Waals surface area contributed by atoms with E-state index in [4.69, 9.17) is 0 Å². The number of rotatable bonds is 5. The Labute approximate surface area is 124 Å². The number of ether oxygens (including phenoxy) is 1. The number of halogens is 1. The number of amides is 1. The maximum atomic E-state index is 12.9. The molecule has 0 aromatic heterocycles. The molecule has 1 rings (SSSR count). The van der Waals surface area contributed by atoms with Crippen molar-refractivity contribution in [3.8, 4) is 0 Å². The van der Waals surface area contributed by atoms with Gasteiger partial charge in [0, 0.05) is 18.5 Å². The van der Waals surface area contributed by atoms with Gasteiger partial charge in [-0.3, -0.25) is 9.59 Å². The molecule has 0 aliphatic carbocycles. The van der Waals surface area contributed by atoms with Gasteiger partial charge in [-0.25, -0.2) is 4.39 Å². The number of esters is 1. The maximum Gasteiger partial charge on any atom is 0.307 e. The lowest BCUT2D eigenvalue weighted by Gasteiger charge is -2.29. The second-order valence-electron chi connectivity index (χ2n) is 5.93. The Balaban J connectivity index is 2.83. The first-order chi connectivity index (χ1) is 9.74. The largest absolute Gasteiger partial charge is 0.469 e. The molecule has 0 radical (unpaired) electrons. The molecule has 116 valence electrons. The van der Waals surface area contributed by atoms with Crippen LogP contribution in [0.25, 0.3) is 0 Å². The van der Waals surface area contributed by atoms with E-state index in [9.17, 15) is 14.0 Å². The average Bonchev–Trinajstić information content (AvgIpc) is 2.43. The first-order valence-corrected chi connectivity index (χ1v) is 6.84. The van der Waals surface area contributed by atoms with Gasteiger partial charge in [-0.1, -0.05) is 32.9 Å². The summed E-state index contributed by atoms with van der Waals surface area (Å²) in [6.07, 6.45) is 0.138. The first-order valence-electron chi connectivity index (χ1n) is 6.84. The van der Waals surface area contributed by atoms with E-state index in [0.29, 0.717) is 6.54 Å². The topological polar surface area (TPSA) is 46.6 Å². The van der Waals surface area contributed by atoms with Crippen LogP contribution in [-0.4, -0.2) is 30.4 Å². The van der Waals surface area contributed by atoms with E-state index in [1.807, 2.05) is 20.8 Å². The van der Waals surface area contributed by atoms with Crippen LogP contribution in [0, 0.1) is 11.2 Å². The van der Waals surface area contributed by atoms with E-state index in [1.165, 1.54) is 19.2 Å². The lowest BCUT2D eigenvalue weighted by Crippen LogP contribution is -2.40. The molecule has 0 bridgehead atoms. The fourth-order valence-electron chi connectivity index (χ4n) is 1.87. The van der Waals surface area contributed by atoms with E-state index in [0.717, 1.165) is 5.56 Å². The minimum absolute atomic E-state index is 0.0595. The van der Waals surface area contributed by atoms with Gasteiger partial charge in [0.25, 0.3) is 0 Å². The van der Waals surface area contributed by atoms with Gasteiger partial charge >= 0.3 is 5.97 Å². The van der Waals surface area contributed by atoms with Crippen LogP contribution in [0.1, 0.15) is 32.8 Å².